The lowest BCUT2D eigenvalue weighted by Crippen LogP contribution is -2.35. The molecule has 1 aromatic carbocycles. The van der Waals surface area contributed by atoms with Crippen molar-refractivity contribution in [3.05, 3.63) is 70.1 Å². The molecule has 0 aliphatic rings. The van der Waals surface area contributed by atoms with Gasteiger partial charge in [0, 0.05) is 6.54 Å². The Morgan fingerprint density at radius 1 is 1.16 bits per heavy atom. The Labute approximate surface area is 147 Å². The number of fused-ring (bicyclic) bond motifs is 3. The van der Waals surface area contributed by atoms with Crippen molar-refractivity contribution >= 4 is 33.0 Å². The lowest BCUT2D eigenvalue weighted by molar-refractivity contribution is -0.121. The van der Waals surface area contributed by atoms with Gasteiger partial charge >= 0.3 is 0 Å². The predicted octanol–water partition coefficient (Wildman–Crippen LogP) is 2.07. The largest absolute Gasteiger partial charge is 0.354 e. The van der Waals surface area contributed by atoms with Gasteiger partial charge in [0.1, 0.15) is 18.4 Å². The number of benzene rings is 1. The zero-order valence-electron chi connectivity index (χ0n) is 13.4. The maximum atomic E-state index is 12.5. The molecule has 3 aromatic heterocycles. The minimum atomic E-state index is -0.260. The van der Waals surface area contributed by atoms with Gasteiger partial charge in [-0.2, -0.15) is 5.10 Å². The van der Waals surface area contributed by atoms with Gasteiger partial charge in [-0.05, 0) is 29.5 Å². The highest BCUT2D eigenvalue weighted by Crippen LogP contribution is 2.22. The Hall–Kier alpha value is -2.93. The smallest absolute Gasteiger partial charge is 0.291 e. The van der Waals surface area contributed by atoms with Crippen LogP contribution in [0.25, 0.3) is 15.7 Å². The number of carbonyl (C=O) groups excluding carboxylic acids is 1. The normalized spacial score (nSPS) is 11.2. The molecule has 1 amide bonds. The van der Waals surface area contributed by atoms with Gasteiger partial charge in [0.15, 0.2) is 0 Å². The van der Waals surface area contributed by atoms with Crippen molar-refractivity contribution in [3.63, 3.8) is 0 Å². The van der Waals surface area contributed by atoms with E-state index in [0.717, 1.165) is 22.2 Å². The Morgan fingerprint density at radius 3 is 2.84 bits per heavy atom. The number of hydrogen-bond acceptors (Lipinski definition) is 4. The summed E-state index contributed by atoms with van der Waals surface area (Å²) in [5.74, 6) is -0.219. The van der Waals surface area contributed by atoms with Crippen LogP contribution >= 0.6 is 11.3 Å². The van der Waals surface area contributed by atoms with Gasteiger partial charge in [-0.1, -0.05) is 30.3 Å². The van der Waals surface area contributed by atoms with E-state index in [9.17, 15) is 9.59 Å². The number of hydrogen-bond donors (Lipinski definition) is 1. The van der Waals surface area contributed by atoms with Crippen molar-refractivity contribution in [2.45, 2.75) is 13.0 Å². The Bertz CT molecular complexity index is 1090. The second-order valence-electron chi connectivity index (χ2n) is 5.75. The molecule has 0 saturated heterocycles. The summed E-state index contributed by atoms with van der Waals surface area (Å²) < 4.78 is 4.00. The molecule has 6 nitrogen and oxygen atoms in total. The van der Waals surface area contributed by atoms with Crippen LogP contribution < -0.4 is 10.9 Å². The van der Waals surface area contributed by atoms with Gasteiger partial charge in [-0.15, -0.1) is 11.3 Å². The Kier molecular flexibility index (Phi) is 4.07. The summed E-state index contributed by atoms with van der Waals surface area (Å²) in [6.45, 7) is 0.448. The molecule has 0 unspecified atom stereocenters. The van der Waals surface area contributed by atoms with Crippen LogP contribution in [0.3, 0.4) is 0 Å². The maximum absolute atomic E-state index is 12.5. The molecule has 4 aromatic rings. The molecule has 1 N–H and O–H groups in total. The van der Waals surface area contributed by atoms with Crippen molar-refractivity contribution in [1.82, 2.24) is 19.5 Å². The number of aromatic nitrogens is 3. The van der Waals surface area contributed by atoms with Crippen molar-refractivity contribution in [1.29, 1.82) is 0 Å². The number of carbonyl (C=O) groups is 1. The third kappa shape index (κ3) is 3.06. The first kappa shape index (κ1) is 15.6. The van der Waals surface area contributed by atoms with Gasteiger partial charge in [0.05, 0.1) is 10.2 Å². The topological polar surface area (TPSA) is 68.4 Å². The second kappa shape index (κ2) is 6.52. The lowest BCUT2D eigenvalue weighted by Gasteiger charge is -2.07. The van der Waals surface area contributed by atoms with Crippen LogP contribution in [0.15, 0.2) is 59.0 Å². The fraction of sp³-hybridized carbons (Fsp3) is 0.167. The van der Waals surface area contributed by atoms with Crippen LogP contribution in [-0.4, -0.2) is 26.6 Å². The summed E-state index contributed by atoms with van der Waals surface area (Å²) in [5.41, 5.74) is 2.40. The van der Waals surface area contributed by atoms with Crippen LogP contribution in [0, 0.1) is 0 Å². The summed E-state index contributed by atoms with van der Waals surface area (Å²) in [5, 5.41) is 8.93. The number of rotatable bonds is 5. The van der Waals surface area contributed by atoms with Crippen LogP contribution in [0.5, 0.6) is 0 Å². The zero-order chi connectivity index (χ0) is 17.2. The highest BCUT2D eigenvalue weighted by Gasteiger charge is 2.11. The van der Waals surface area contributed by atoms with E-state index in [1.807, 2.05) is 47.8 Å². The van der Waals surface area contributed by atoms with Gasteiger partial charge in [0.25, 0.3) is 5.56 Å². The molecule has 0 saturated carbocycles. The molecule has 0 aliphatic heterocycles. The molecule has 3 heterocycles. The molecule has 0 aliphatic carbocycles. The highest BCUT2D eigenvalue weighted by molar-refractivity contribution is 7.17. The molecule has 0 radical (unpaired) electrons. The molecule has 4 rings (SSSR count). The number of nitrogens with one attached hydrogen (secondary N) is 1. The maximum Gasteiger partial charge on any atom is 0.291 e. The van der Waals surface area contributed by atoms with E-state index in [4.69, 9.17) is 0 Å². The fourth-order valence-electron chi connectivity index (χ4n) is 2.83. The van der Waals surface area contributed by atoms with Gasteiger partial charge in [-0.25, -0.2) is 4.68 Å². The van der Waals surface area contributed by atoms with E-state index >= 15 is 0 Å². The van der Waals surface area contributed by atoms with Gasteiger partial charge in [0.2, 0.25) is 5.91 Å². The first-order chi connectivity index (χ1) is 12.2. The van der Waals surface area contributed by atoms with Crippen LogP contribution in [0.1, 0.15) is 5.56 Å². The predicted molar refractivity (Wildman–Crippen MR) is 98.0 cm³/mol. The summed E-state index contributed by atoms with van der Waals surface area (Å²) >= 11 is 1.57. The molecule has 0 spiro atoms. The van der Waals surface area contributed by atoms with E-state index in [1.54, 1.807) is 22.1 Å². The number of amides is 1. The average Bonchev–Trinajstić information content (AvgIpc) is 3.20. The van der Waals surface area contributed by atoms with Gasteiger partial charge in [-0.3, -0.25) is 14.0 Å². The summed E-state index contributed by atoms with van der Waals surface area (Å²) in [6.07, 6.45) is 2.34. The fourth-order valence-corrected chi connectivity index (χ4v) is 3.64. The summed E-state index contributed by atoms with van der Waals surface area (Å²) in [6, 6.07) is 13.7. The molecule has 25 heavy (non-hydrogen) atoms. The minimum absolute atomic E-state index is 0.0804. The SMILES string of the molecule is O=C(Cn1ncn2c(cc3sccc32)c1=O)NCCc1ccccc1. The minimum Gasteiger partial charge on any atom is -0.354 e. The molecule has 126 valence electrons. The van der Waals surface area contributed by atoms with Crippen molar-refractivity contribution in [2.24, 2.45) is 0 Å². The Balaban J connectivity index is 1.45. The third-order valence-corrected chi connectivity index (χ3v) is 4.95. The Morgan fingerprint density at radius 2 is 2.00 bits per heavy atom. The third-order valence-electron chi connectivity index (χ3n) is 4.09. The van der Waals surface area contributed by atoms with Crippen LogP contribution in [-0.2, 0) is 17.8 Å². The second-order valence-corrected chi connectivity index (χ2v) is 6.70. The molecule has 0 bridgehead atoms. The first-order valence-corrected chi connectivity index (χ1v) is 8.85. The van der Waals surface area contributed by atoms with Crippen LogP contribution in [0.4, 0.5) is 0 Å². The van der Waals surface area contributed by atoms with E-state index in [1.165, 1.54) is 4.68 Å². The summed E-state index contributed by atoms with van der Waals surface area (Å²) in [7, 11) is 0. The number of nitrogens with zero attached hydrogens (tertiary/aromatic N) is 3. The first-order valence-electron chi connectivity index (χ1n) is 7.97. The van der Waals surface area contributed by atoms with Crippen molar-refractivity contribution in [3.8, 4) is 0 Å². The summed E-state index contributed by atoms with van der Waals surface area (Å²) in [4.78, 5) is 24.6. The van der Waals surface area contributed by atoms with Gasteiger partial charge < -0.3 is 5.32 Å². The highest BCUT2D eigenvalue weighted by atomic mass is 32.1. The van der Waals surface area contributed by atoms with Crippen LogP contribution in [0.2, 0.25) is 0 Å². The lowest BCUT2D eigenvalue weighted by atomic mass is 10.1. The van der Waals surface area contributed by atoms with Crippen molar-refractivity contribution in [2.75, 3.05) is 6.54 Å². The molecule has 0 fully saturated rings. The van der Waals surface area contributed by atoms with E-state index in [0.29, 0.717) is 12.1 Å². The van der Waals surface area contributed by atoms with E-state index in [2.05, 4.69) is 10.4 Å². The number of thiophene rings is 1. The zero-order valence-corrected chi connectivity index (χ0v) is 14.2. The molecule has 7 heteroatoms. The molecule has 0 atom stereocenters. The molecular formula is C18H16N4O2S. The van der Waals surface area contributed by atoms with Crippen molar-refractivity contribution < 1.29 is 4.79 Å². The van der Waals surface area contributed by atoms with E-state index in [-0.39, 0.29) is 18.0 Å². The quantitative estimate of drug-likeness (QED) is 0.598. The average molecular weight is 352 g/mol. The van der Waals surface area contributed by atoms with E-state index < -0.39 is 0 Å². The standard InChI is InChI=1S/C18H16N4O2S/c23-17(19-8-6-13-4-2-1-3-5-13)11-22-18(24)15-10-16-14(7-9-25-16)21(15)12-20-22/h1-5,7,9-10,12H,6,8,11H2,(H,19,23). The molecular weight excluding hydrogens is 336 g/mol. The monoisotopic (exact) mass is 352 g/mol.